The van der Waals surface area contributed by atoms with Crippen molar-refractivity contribution in [2.75, 3.05) is 20.1 Å². The van der Waals surface area contributed by atoms with Crippen molar-refractivity contribution >= 4 is 29.1 Å². The van der Waals surface area contributed by atoms with E-state index >= 15 is 0 Å². The maximum absolute atomic E-state index is 14.1. The summed E-state index contributed by atoms with van der Waals surface area (Å²) in [4.78, 5) is 21.1. The Bertz CT molecular complexity index is 1080. The monoisotopic (exact) mass is 476 g/mol. The van der Waals surface area contributed by atoms with Crippen LogP contribution < -0.4 is 0 Å². The predicted molar refractivity (Wildman–Crippen MR) is 121 cm³/mol. The van der Waals surface area contributed by atoms with Crippen LogP contribution in [-0.4, -0.2) is 46.0 Å². The topological polar surface area (TPSA) is 62.5 Å². The Morgan fingerprint density at radius 2 is 1.84 bits per heavy atom. The van der Waals surface area contributed by atoms with Gasteiger partial charge in [-0.3, -0.25) is 9.69 Å². The Kier molecular flexibility index (Phi) is 7.08. The van der Waals surface area contributed by atoms with Gasteiger partial charge in [0.25, 0.3) is 0 Å². The Hall–Kier alpha value is -2.48. The molecule has 2 aromatic carbocycles. The van der Waals surface area contributed by atoms with Crippen molar-refractivity contribution in [1.29, 1.82) is 0 Å². The normalized spacial score (nSPS) is 15.1. The third-order valence-electron chi connectivity index (χ3n) is 5.67. The molecule has 9 heteroatoms. The molecule has 6 nitrogen and oxygen atoms in total. The van der Waals surface area contributed by atoms with Crippen molar-refractivity contribution in [3.05, 3.63) is 69.8 Å². The molecule has 1 saturated heterocycles. The summed E-state index contributed by atoms with van der Waals surface area (Å²) in [5.74, 6) is 0.508. The molecule has 1 aliphatic rings. The first kappa shape index (κ1) is 22.7. The average molecular weight is 477 g/mol. The molecule has 0 atom stereocenters. The lowest BCUT2D eigenvalue weighted by atomic mass is 9.95. The number of halogens is 3. The number of rotatable bonds is 6. The highest BCUT2D eigenvalue weighted by molar-refractivity contribution is 6.30. The molecule has 0 spiro atoms. The first-order valence-electron chi connectivity index (χ1n) is 10.4. The second-order valence-corrected chi connectivity index (χ2v) is 8.87. The number of hydrogen-bond donors (Lipinski definition) is 0. The molecule has 1 fully saturated rings. The summed E-state index contributed by atoms with van der Waals surface area (Å²) >= 11 is 11.7. The van der Waals surface area contributed by atoms with Gasteiger partial charge < -0.3 is 9.42 Å². The van der Waals surface area contributed by atoms with Gasteiger partial charge in [-0.25, -0.2) is 4.39 Å². The summed E-state index contributed by atoms with van der Waals surface area (Å²) < 4.78 is 19.4. The van der Waals surface area contributed by atoms with E-state index in [9.17, 15) is 9.18 Å². The zero-order valence-corrected chi connectivity index (χ0v) is 19.1. The van der Waals surface area contributed by atoms with E-state index in [0.29, 0.717) is 33.9 Å². The van der Waals surface area contributed by atoms with E-state index < -0.39 is 0 Å². The molecule has 0 bridgehead atoms. The lowest BCUT2D eigenvalue weighted by molar-refractivity contribution is -0.136. The summed E-state index contributed by atoms with van der Waals surface area (Å²) in [6.45, 7) is 2.21. The Morgan fingerprint density at radius 1 is 1.16 bits per heavy atom. The van der Waals surface area contributed by atoms with Crippen LogP contribution in [0.25, 0.3) is 11.4 Å². The summed E-state index contributed by atoms with van der Waals surface area (Å²) in [6.07, 6.45) is 1.44. The number of nitrogens with zero attached hydrogens (tertiary/aromatic N) is 4. The Labute approximate surface area is 195 Å². The summed E-state index contributed by atoms with van der Waals surface area (Å²) in [7, 11) is 1.74. The van der Waals surface area contributed by atoms with Crippen molar-refractivity contribution in [1.82, 2.24) is 19.9 Å². The average Bonchev–Trinajstić information content (AvgIpc) is 3.24. The maximum Gasteiger partial charge on any atom is 0.246 e. The molecule has 1 aliphatic heterocycles. The largest absolute Gasteiger partial charge is 0.337 e. The standard InChI is InChI=1S/C23H23Cl2FN4O2/c1-29(14-21-27-22(28-32-21)15-2-5-18(24)6-3-15)23(31)16-8-10-30(11-9-16)13-17-4-7-19(25)12-20(17)26/h2-7,12,16H,8-11,13-14H2,1H3. The van der Waals surface area contributed by atoms with Gasteiger partial charge in [-0.2, -0.15) is 4.98 Å². The van der Waals surface area contributed by atoms with E-state index in [2.05, 4.69) is 15.0 Å². The van der Waals surface area contributed by atoms with Gasteiger partial charge in [0.2, 0.25) is 17.6 Å². The summed E-state index contributed by atoms with van der Waals surface area (Å²) in [6, 6.07) is 11.9. The zero-order valence-electron chi connectivity index (χ0n) is 17.6. The molecule has 32 heavy (non-hydrogen) atoms. The van der Waals surface area contributed by atoms with Crippen molar-refractivity contribution in [3.63, 3.8) is 0 Å². The third kappa shape index (κ3) is 5.46. The van der Waals surface area contributed by atoms with Gasteiger partial charge in [-0.15, -0.1) is 0 Å². The molecule has 4 rings (SSSR count). The molecule has 0 unspecified atom stereocenters. The predicted octanol–water partition coefficient (Wildman–Crippen LogP) is 5.05. The van der Waals surface area contributed by atoms with Crippen LogP contribution in [0.5, 0.6) is 0 Å². The fraction of sp³-hybridized carbons (Fsp3) is 0.348. The van der Waals surface area contributed by atoms with Crippen molar-refractivity contribution in [3.8, 4) is 11.4 Å². The molecular formula is C23H23Cl2FN4O2. The van der Waals surface area contributed by atoms with Gasteiger partial charge in [0.05, 0.1) is 6.54 Å². The SMILES string of the molecule is CN(Cc1nc(-c2ccc(Cl)cc2)no1)C(=O)C1CCN(Cc2ccc(Cl)cc2F)CC1. The van der Waals surface area contributed by atoms with Crippen LogP contribution in [0.4, 0.5) is 4.39 Å². The first-order chi connectivity index (χ1) is 15.4. The van der Waals surface area contributed by atoms with E-state index in [-0.39, 0.29) is 24.2 Å². The van der Waals surface area contributed by atoms with Crippen LogP contribution >= 0.6 is 23.2 Å². The van der Waals surface area contributed by atoms with Crippen LogP contribution in [0.1, 0.15) is 24.3 Å². The molecule has 0 saturated carbocycles. The van der Waals surface area contributed by atoms with Gasteiger partial charge in [-0.1, -0.05) is 34.4 Å². The minimum Gasteiger partial charge on any atom is -0.337 e. The number of amides is 1. The highest BCUT2D eigenvalue weighted by atomic mass is 35.5. The highest BCUT2D eigenvalue weighted by Gasteiger charge is 2.28. The number of carbonyl (C=O) groups is 1. The molecule has 1 aromatic heterocycles. The fourth-order valence-corrected chi connectivity index (χ4v) is 4.14. The quantitative estimate of drug-likeness (QED) is 0.497. The summed E-state index contributed by atoms with van der Waals surface area (Å²) in [5, 5.41) is 5.01. The van der Waals surface area contributed by atoms with E-state index in [1.54, 1.807) is 36.2 Å². The molecule has 3 aromatic rings. The minimum atomic E-state index is -0.298. The molecule has 0 N–H and O–H groups in total. The van der Waals surface area contributed by atoms with Crippen LogP contribution in [-0.2, 0) is 17.9 Å². The molecule has 1 amide bonds. The van der Waals surface area contributed by atoms with Gasteiger partial charge in [0.15, 0.2) is 0 Å². The number of hydrogen-bond acceptors (Lipinski definition) is 5. The second kappa shape index (κ2) is 9.98. The number of aromatic nitrogens is 2. The number of piperidine rings is 1. The van der Waals surface area contributed by atoms with Gasteiger partial charge in [-0.05, 0) is 62.3 Å². The van der Waals surface area contributed by atoms with Crippen LogP contribution in [0.2, 0.25) is 10.0 Å². The minimum absolute atomic E-state index is 0.0496. The summed E-state index contributed by atoms with van der Waals surface area (Å²) in [5.41, 5.74) is 1.41. The van der Waals surface area contributed by atoms with Crippen molar-refractivity contribution < 1.29 is 13.7 Å². The first-order valence-corrected chi connectivity index (χ1v) is 11.1. The number of benzene rings is 2. The number of likely N-dealkylation sites (tertiary alicyclic amines) is 1. The maximum atomic E-state index is 14.1. The van der Waals surface area contributed by atoms with E-state index in [1.807, 2.05) is 12.1 Å². The Morgan fingerprint density at radius 3 is 2.53 bits per heavy atom. The smallest absolute Gasteiger partial charge is 0.246 e. The molecule has 168 valence electrons. The third-order valence-corrected chi connectivity index (χ3v) is 6.15. The lowest BCUT2D eigenvalue weighted by Gasteiger charge is -2.33. The van der Waals surface area contributed by atoms with E-state index in [4.69, 9.17) is 27.7 Å². The van der Waals surface area contributed by atoms with Gasteiger partial charge in [0.1, 0.15) is 5.82 Å². The lowest BCUT2D eigenvalue weighted by Crippen LogP contribution is -2.40. The van der Waals surface area contributed by atoms with Crippen LogP contribution in [0, 0.1) is 11.7 Å². The highest BCUT2D eigenvalue weighted by Crippen LogP contribution is 2.24. The zero-order chi connectivity index (χ0) is 22.7. The molecule has 0 radical (unpaired) electrons. The molecule has 2 heterocycles. The fourth-order valence-electron chi connectivity index (χ4n) is 3.86. The second-order valence-electron chi connectivity index (χ2n) is 8.00. The van der Waals surface area contributed by atoms with E-state index in [1.165, 1.54) is 6.07 Å². The van der Waals surface area contributed by atoms with Gasteiger partial charge >= 0.3 is 0 Å². The van der Waals surface area contributed by atoms with Crippen LogP contribution in [0.3, 0.4) is 0 Å². The van der Waals surface area contributed by atoms with Crippen molar-refractivity contribution in [2.24, 2.45) is 5.92 Å². The molecule has 0 aliphatic carbocycles. The Balaban J connectivity index is 1.29. The molecular weight excluding hydrogens is 454 g/mol. The van der Waals surface area contributed by atoms with E-state index in [0.717, 1.165) is 31.5 Å². The number of carbonyl (C=O) groups excluding carboxylic acids is 1. The van der Waals surface area contributed by atoms with Crippen LogP contribution in [0.15, 0.2) is 47.0 Å². The van der Waals surface area contributed by atoms with Crippen molar-refractivity contribution in [2.45, 2.75) is 25.9 Å². The van der Waals surface area contributed by atoms with Gasteiger partial charge in [0, 0.05) is 40.7 Å².